The van der Waals surface area contributed by atoms with Gasteiger partial charge >= 0.3 is 6.18 Å². The number of hydrogen-bond acceptors (Lipinski definition) is 1. The van der Waals surface area contributed by atoms with Crippen LogP contribution in [0.5, 0.6) is 0 Å². The summed E-state index contributed by atoms with van der Waals surface area (Å²) < 4.78 is 49.2. The molecule has 0 heterocycles. The van der Waals surface area contributed by atoms with Crippen LogP contribution in [-0.2, 0) is 0 Å². The van der Waals surface area contributed by atoms with E-state index in [0.29, 0.717) is 0 Å². The van der Waals surface area contributed by atoms with E-state index in [1.807, 2.05) is 0 Å². The average molecular weight is 244 g/mol. The summed E-state index contributed by atoms with van der Waals surface area (Å²) in [5.41, 5.74) is 5.08. The quantitative estimate of drug-likeness (QED) is 0.754. The summed E-state index contributed by atoms with van der Waals surface area (Å²) in [6, 6.07) is 1.00. The first-order valence-corrected chi connectivity index (χ1v) is 3.90. The molecule has 2 N–H and O–H groups in total. The Hall–Kier alpha value is -0.810. The second-order valence-electron chi connectivity index (χ2n) is 3.02. The predicted octanol–water partition coefficient (Wildman–Crippen LogP) is 3.12. The lowest BCUT2D eigenvalue weighted by Gasteiger charge is -2.17. The van der Waals surface area contributed by atoms with Crippen LogP contribution in [0.1, 0.15) is 17.2 Å². The molecule has 0 saturated heterocycles. The number of hydrogen-bond donors (Lipinski definition) is 1. The highest BCUT2D eigenvalue weighted by molar-refractivity contribution is 5.85. The van der Waals surface area contributed by atoms with Crippen molar-refractivity contribution in [3.8, 4) is 0 Å². The van der Waals surface area contributed by atoms with E-state index in [1.54, 1.807) is 0 Å². The van der Waals surface area contributed by atoms with Crippen LogP contribution in [0.3, 0.4) is 0 Å². The van der Waals surface area contributed by atoms with Crippen LogP contribution in [0.25, 0.3) is 0 Å². The molecule has 0 radical (unpaired) electrons. The molecule has 0 fully saturated rings. The molecule has 6 heteroatoms. The molecule has 0 bridgehead atoms. The normalized spacial score (nSPS) is 13.2. The monoisotopic (exact) mass is 243 g/mol. The van der Waals surface area contributed by atoms with Gasteiger partial charge in [-0.25, -0.2) is 4.39 Å². The van der Waals surface area contributed by atoms with Gasteiger partial charge in [-0.2, -0.15) is 13.2 Å². The number of halogens is 5. The Labute approximate surface area is 90.7 Å². The summed E-state index contributed by atoms with van der Waals surface area (Å²) in [4.78, 5) is 0. The van der Waals surface area contributed by atoms with E-state index in [-0.39, 0.29) is 23.5 Å². The molecule has 0 aliphatic rings. The second kappa shape index (κ2) is 4.81. The number of aryl methyl sites for hydroxylation is 1. The molecule has 1 aromatic rings. The van der Waals surface area contributed by atoms with E-state index >= 15 is 0 Å². The second-order valence-corrected chi connectivity index (χ2v) is 3.02. The van der Waals surface area contributed by atoms with E-state index < -0.39 is 18.0 Å². The molecule has 0 unspecified atom stereocenters. The number of alkyl halides is 3. The van der Waals surface area contributed by atoms with Crippen LogP contribution in [-0.4, -0.2) is 6.18 Å². The fraction of sp³-hybridized carbons (Fsp3) is 0.333. The fourth-order valence-corrected chi connectivity index (χ4v) is 1.16. The first-order chi connectivity index (χ1) is 6.32. The van der Waals surface area contributed by atoms with Gasteiger partial charge in [0.2, 0.25) is 0 Å². The Balaban J connectivity index is 0.00000196. The molecule has 15 heavy (non-hydrogen) atoms. The van der Waals surface area contributed by atoms with Crippen molar-refractivity contribution < 1.29 is 17.6 Å². The minimum absolute atomic E-state index is 0. The van der Waals surface area contributed by atoms with Gasteiger partial charge in [-0.1, -0.05) is 6.07 Å². The van der Waals surface area contributed by atoms with Crippen molar-refractivity contribution in [1.82, 2.24) is 0 Å². The lowest BCUT2D eigenvalue weighted by atomic mass is 10.0. The average Bonchev–Trinajstić information content (AvgIpc) is 2.01. The van der Waals surface area contributed by atoms with Gasteiger partial charge in [-0.05, 0) is 30.2 Å². The molecule has 1 nitrogen and oxygen atoms in total. The topological polar surface area (TPSA) is 26.0 Å². The van der Waals surface area contributed by atoms with Crippen LogP contribution >= 0.6 is 12.4 Å². The van der Waals surface area contributed by atoms with Crippen LogP contribution in [0.2, 0.25) is 0 Å². The molecule has 0 saturated carbocycles. The molecule has 0 aliphatic heterocycles. The van der Waals surface area contributed by atoms with Crippen molar-refractivity contribution in [3.63, 3.8) is 0 Å². The van der Waals surface area contributed by atoms with Crippen molar-refractivity contribution >= 4 is 12.4 Å². The smallest absolute Gasteiger partial charge is 0.316 e. The molecular weight excluding hydrogens is 234 g/mol. The Morgan fingerprint density at radius 2 is 1.80 bits per heavy atom. The van der Waals surface area contributed by atoms with E-state index in [1.165, 1.54) is 6.92 Å². The largest absolute Gasteiger partial charge is 0.407 e. The Bertz CT molecular complexity index is 337. The summed E-state index contributed by atoms with van der Waals surface area (Å²) in [6.07, 6.45) is -4.50. The van der Waals surface area contributed by atoms with Gasteiger partial charge in [0.1, 0.15) is 11.9 Å². The lowest BCUT2D eigenvalue weighted by molar-refractivity contribution is -0.149. The minimum Gasteiger partial charge on any atom is -0.316 e. The Kier molecular flexibility index (Phi) is 4.55. The lowest BCUT2D eigenvalue weighted by Crippen LogP contribution is -2.29. The van der Waals surface area contributed by atoms with Crippen molar-refractivity contribution in [2.45, 2.75) is 19.1 Å². The highest BCUT2D eigenvalue weighted by atomic mass is 35.5. The maximum absolute atomic E-state index is 12.6. The van der Waals surface area contributed by atoms with Crippen LogP contribution in [0, 0.1) is 12.7 Å². The number of nitrogens with two attached hydrogens (primary N) is 1. The molecule has 1 aromatic carbocycles. The van der Waals surface area contributed by atoms with Gasteiger partial charge in [-0.15, -0.1) is 12.4 Å². The summed E-state index contributed by atoms with van der Waals surface area (Å²) in [5.74, 6) is -0.569. The van der Waals surface area contributed by atoms with Crippen molar-refractivity contribution in [3.05, 3.63) is 35.1 Å². The predicted molar refractivity (Wildman–Crippen MR) is 51.4 cm³/mol. The standard InChI is InChI=1S/C9H9F4N.ClH/c1-5-4-6(10)2-3-7(5)8(14)9(11,12)13;/h2-4,8H,14H2,1H3;1H/t8-;/m1./s1. The van der Waals surface area contributed by atoms with Crippen molar-refractivity contribution in [2.75, 3.05) is 0 Å². The minimum atomic E-state index is -4.50. The van der Waals surface area contributed by atoms with E-state index in [9.17, 15) is 17.6 Å². The zero-order chi connectivity index (χ0) is 10.9. The summed E-state index contributed by atoms with van der Waals surface area (Å²) in [5, 5.41) is 0. The van der Waals surface area contributed by atoms with E-state index in [4.69, 9.17) is 5.73 Å². The zero-order valence-corrected chi connectivity index (χ0v) is 8.62. The number of benzene rings is 1. The Morgan fingerprint density at radius 1 is 1.27 bits per heavy atom. The maximum atomic E-state index is 12.6. The van der Waals surface area contributed by atoms with Crippen molar-refractivity contribution in [2.24, 2.45) is 5.73 Å². The van der Waals surface area contributed by atoms with Gasteiger partial charge in [0.05, 0.1) is 0 Å². The van der Waals surface area contributed by atoms with Crippen LogP contribution in [0.15, 0.2) is 18.2 Å². The summed E-state index contributed by atoms with van der Waals surface area (Å²) >= 11 is 0. The first-order valence-electron chi connectivity index (χ1n) is 3.90. The van der Waals surface area contributed by atoms with Crippen molar-refractivity contribution in [1.29, 1.82) is 0 Å². The molecule has 0 aliphatic carbocycles. The molecular formula is C9H10ClF4N. The summed E-state index contributed by atoms with van der Waals surface area (Å²) in [7, 11) is 0. The summed E-state index contributed by atoms with van der Waals surface area (Å²) in [6.45, 7) is 1.39. The molecule has 86 valence electrons. The SMILES string of the molecule is Cc1cc(F)ccc1[C@@H](N)C(F)(F)F.Cl. The van der Waals surface area contributed by atoms with Crippen LogP contribution in [0.4, 0.5) is 17.6 Å². The van der Waals surface area contributed by atoms with Crippen LogP contribution < -0.4 is 5.73 Å². The first kappa shape index (κ1) is 14.2. The molecule has 0 spiro atoms. The third kappa shape index (κ3) is 3.35. The van der Waals surface area contributed by atoms with Gasteiger partial charge in [0.25, 0.3) is 0 Å². The third-order valence-corrected chi connectivity index (χ3v) is 1.92. The zero-order valence-electron chi connectivity index (χ0n) is 7.81. The Morgan fingerprint density at radius 3 is 2.20 bits per heavy atom. The maximum Gasteiger partial charge on any atom is 0.407 e. The highest BCUT2D eigenvalue weighted by Gasteiger charge is 2.38. The molecule has 1 atom stereocenters. The van der Waals surface area contributed by atoms with Gasteiger partial charge in [0, 0.05) is 0 Å². The van der Waals surface area contributed by atoms with Gasteiger partial charge in [0.15, 0.2) is 0 Å². The van der Waals surface area contributed by atoms with E-state index in [2.05, 4.69) is 0 Å². The molecule has 0 aromatic heterocycles. The van der Waals surface area contributed by atoms with Gasteiger partial charge in [-0.3, -0.25) is 0 Å². The fourth-order valence-electron chi connectivity index (χ4n) is 1.16. The number of rotatable bonds is 1. The van der Waals surface area contributed by atoms with E-state index in [0.717, 1.165) is 18.2 Å². The highest BCUT2D eigenvalue weighted by Crippen LogP contribution is 2.32. The molecule has 0 amide bonds. The molecule has 1 rings (SSSR count). The van der Waals surface area contributed by atoms with Gasteiger partial charge < -0.3 is 5.73 Å². The third-order valence-electron chi connectivity index (χ3n) is 1.92.